The van der Waals surface area contributed by atoms with Gasteiger partial charge in [0, 0.05) is 5.56 Å². The van der Waals surface area contributed by atoms with Gasteiger partial charge in [0.1, 0.15) is 18.6 Å². The molecule has 4 heteroatoms. The van der Waals surface area contributed by atoms with Crippen LogP contribution in [0, 0.1) is 6.92 Å². The minimum Gasteiger partial charge on any atom is -0.487 e. The molecule has 15 heavy (non-hydrogen) atoms. The van der Waals surface area contributed by atoms with Crippen LogP contribution in [-0.4, -0.2) is 5.16 Å². The molecular weight excluding hydrogens is 192 g/mol. The second-order valence-corrected chi connectivity index (χ2v) is 3.36. The zero-order valence-corrected chi connectivity index (χ0v) is 8.43. The number of aromatic nitrogens is 1. The summed E-state index contributed by atoms with van der Waals surface area (Å²) >= 11 is 0. The number of nitrogen functional groups attached to an aromatic ring is 1. The largest absolute Gasteiger partial charge is 0.487 e. The maximum Gasteiger partial charge on any atom is 0.142 e. The third-order valence-corrected chi connectivity index (χ3v) is 2.04. The number of aryl methyl sites for hydroxylation is 1. The first-order chi connectivity index (χ1) is 7.25. The highest BCUT2D eigenvalue weighted by Crippen LogP contribution is 2.22. The molecule has 0 aliphatic heterocycles. The molecule has 0 atom stereocenters. The fourth-order valence-corrected chi connectivity index (χ4v) is 1.26. The molecule has 4 nitrogen and oxygen atoms in total. The molecule has 0 fully saturated rings. The lowest BCUT2D eigenvalue weighted by Gasteiger charge is -2.07. The van der Waals surface area contributed by atoms with Gasteiger partial charge in [0.15, 0.2) is 0 Å². The fraction of sp³-hybridized carbons (Fsp3) is 0.182. The number of benzene rings is 1. The second kappa shape index (κ2) is 4.04. The molecule has 0 unspecified atom stereocenters. The molecule has 0 amide bonds. The average molecular weight is 204 g/mol. The first-order valence-corrected chi connectivity index (χ1v) is 4.63. The van der Waals surface area contributed by atoms with Crippen LogP contribution in [0.5, 0.6) is 5.75 Å². The highest BCUT2D eigenvalue weighted by Gasteiger charge is 2.01. The van der Waals surface area contributed by atoms with Gasteiger partial charge in [0.25, 0.3) is 0 Å². The van der Waals surface area contributed by atoms with Crippen LogP contribution in [0.1, 0.15) is 11.1 Å². The number of hydrogen-bond acceptors (Lipinski definition) is 4. The second-order valence-electron chi connectivity index (χ2n) is 3.36. The van der Waals surface area contributed by atoms with Crippen LogP contribution in [0.2, 0.25) is 0 Å². The van der Waals surface area contributed by atoms with E-state index in [1.54, 1.807) is 12.5 Å². The van der Waals surface area contributed by atoms with E-state index in [0.717, 1.165) is 11.1 Å². The van der Waals surface area contributed by atoms with E-state index in [2.05, 4.69) is 5.16 Å². The van der Waals surface area contributed by atoms with E-state index >= 15 is 0 Å². The Morgan fingerprint density at radius 2 is 2.33 bits per heavy atom. The zero-order chi connectivity index (χ0) is 10.7. The van der Waals surface area contributed by atoms with Crippen LogP contribution in [-0.2, 0) is 6.61 Å². The highest BCUT2D eigenvalue weighted by molar-refractivity contribution is 5.54. The van der Waals surface area contributed by atoms with Crippen molar-refractivity contribution in [3.05, 3.63) is 41.8 Å². The molecule has 2 N–H and O–H groups in total. The Morgan fingerprint density at radius 3 is 3.00 bits per heavy atom. The van der Waals surface area contributed by atoms with E-state index in [1.165, 1.54) is 0 Å². The van der Waals surface area contributed by atoms with Crippen molar-refractivity contribution in [2.45, 2.75) is 13.5 Å². The van der Waals surface area contributed by atoms with Gasteiger partial charge in [-0.2, -0.15) is 0 Å². The summed E-state index contributed by atoms with van der Waals surface area (Å²) in [5.41, 5.74) is 8.44. The van der Waals surface area contributed by atoms with Crippen LogP contribution in [0.4, 0.5) is 5.69 Å². The Bertz CT molecular complexity index is 438. The van der Waals surface area contributed by atoms with Crippen molar-refractivity contribution < 1.29 is 9.26 Å². The molecule has 0 aliphatic rings. The molecule has 0 saturated heterocycles. The number of anilines is 1. The van der Waals surface area contributed by atoms with Gasteiger partial charge in [0.2, 0.25) is 0 Å². The van der Waals surface area contributed by atoms with E-state index in [4.69, 9.17) is 15.0 Å². The molecule has 78 valence electrons. The normalized spacial score (nSPS) is 10.2. The molecule has 2 rings (SSSR count). The Labute approximate surface area is 87.6 Å². The smallest absolute Gasteiger partial charge is 0.142 e. The van der Waals surface area contributed by atoms with Crippen molar-refractivity contribution >= 4 is 5.69 Å². The summed E-state index contributed by atoms with van der Waals surface area (Å²) in [6.45, 7) is 2.40. The van der Waals surface area contributed by atoms with Crippen LogP contribution in [0.25, 0.3) is 0 Å². The van der Waals surface area contributed by atoms with Gasteiger partial charge in [-0.3, -0.25) is 0 Å². The van der Waals surface area contributed by atoms with Crippen molar-refractivity contribution in [3.63, 3.8) is 0 Å². The Balaban J connectivity index is 2.05. The third-order valence-electron chi connectivity index (χ3n) is 2.04. The Morgan fingerprint density at radius 1 is 1.47 bits per heavy atom. The fourth-order valence-electron chi connectivity index (χ4n) is 1.26. The summed E-state index contributed by atoms with van der Waals surface area (Å²) in [5, 5.41) is 3.58. The summed E-state index contributed by atoms with van der Waals surface area (Å²) in [7, 11) is 0. The highest BCUT2D eigenvalue weighted by atomic mass is 16.5. The minimum atomic E-state index is 0.413. The van der Waals surface area contributed by atoms with Crippen molar-refractivity contribution in [2.75, 3.05) is 5.73 Å². The molecule has 2 aromatic rings. The summed E-state index contributed by atoms with van der Waals surface area (Å²) < 4.78 is 10.2. The lowest BCUT2D eigenvalue weighted by Crippen LogP contribution is -1.98. The average Bonchev–Trinajstić information content (AvgIpc) is 2.69. The summed E-state index contributed by atoms with van der Waals surface area (Å²) in [6.07, 6.45) is 3.16. The van der Waals surface area contributed by atoms with Crippen molar-refractivity contribution in [1.29, 1.82) is 0 Å². The molecule has 0 saturated carbocycles. The number of nitrogens with two attached hydrogens (primary N) is 1. The number of rotatable bonds is 3. The minimum absolute atomic E-state index is 0.413. The maximum atomic E-state index is 5.80. The summed E-state index contributed by atoms with van der Waals surface area (Å²) in [6, 6.07) is 5.69. The van der Waals surface area contributed by atoms with E-state index in [1.807, 2.05) is 25.1 Å². The van der Waals surface area contributed by atoms with Crippen LogP contribution in [0.3, 0.4) is 0 Å². The van der Waals surface area contributed by atoms with Gasteiger partial charge < -0.3 is 15.0 Å². The maximum absolute atomic E-state index is 5.80. The zero-order valence-electron chi connectivity index (χ0n) is 8.43. The van der Waals surface area contributed by atoms with Gasteiger partial charge in [-0.1, -0.05) is 11.2 Å². The quantitative estimate of drug-likeness (QED) is 0.778. The van der Waals surface area contributed by atoms with E-state index in [0.29, 0.717) is 18.0 Å². The van der Waals surface area contributed by atoms with Gasteiger partial charge in [0.05, 0.1) is 11.9 Å². The first-order valence-electron chi connectivity index (χ1n) is 4.63. The van der Waals surface area contributed by atoms with Gasteiger partial charge in [-0.05, 0) is 24.6 Å². The Hall–Kier alpha value is -1.97. The monoisotopic (exact) mass is 204 g/mol. The van der Waals surface area contributed by atoms with Crippen molar-refractivity contribution in [1.82, 2.24) is 5.16 Å². The van der Waals surface area contributed by atoms with Crippen LogP contribution < -0.4 is 10.5 Å². The number of hydrogen-bond donors (Lipinski definition) is 1. The molecule has 1 aromatic heterocycles. The van der Waals surface area contributed by atoms with Gasteiger partial charge in [-0.15, -0.1) is 0 Å². The topological polar surface area (TPSA) is 61.3 Å². The number of nitrogens with zero attached hydrogens (tertiary/aromatic N) is 1. The molecule has 0 aliphatic carbocycles. The summed E-state index contributed by atoms with van der Waals surface area (Å²) in [5.74, 6) is 0.682. The molecule has 0 bridgehead atoms. The Kier molecular flexibility index (Phi) is 2.58. The predicted octanol–water partition coefficient (Wildman–Crippen LogP) is 2.14. The van der Waals surface area contributed by atoms with Gasteiger partial charge in [-0.25, -0.2) is 0 Å². The predicted molar refractivity (Wildman–Crippen MR) is 56.4 cm³/mol. The number of ether oxygens (including phenoxy) is 1. The SMILES string of the molecule is Cc1ccc(OCc2cnoc2)c(N)c1. The van der Waals surface area contributed by atoms with E-state index < -0.39 is 0 Å². The van der Waals surface area contributed by atoms with Crippen molar-refractivity contribution in [2.24, 2.45) is 0 Å². The molecule has 0 radical (unpaired) electrons. The molecular formula is C11H12N2O2. The van der Waals surface area contributed by atoms with Crippen LogP contribution in [0.15, 0.2) is 35.2 Å². The van der Waals surface area contributed by atoms with Gasteiger partial charge >= 0.3 is 0 Å². The van der Waals surface area contributed by atoms with Crippen LogP contribution >= 0.6 is 0 Å². The van der Waals surface area contributed by atoms with E-state index in [9.17, 15) is 0 Å². The molecule has 1 heterocycles. The third kappa shape index (κ3) is 2.28. The standard InChI is InChI=1S/C11H12N2O2/c1-8-2-3-11(10(12)4-8)14-6-9-5-13-15-7-9/h2-5,7H,6,12H2,1H3. The summed E-state index contributed by atoms with van der Waals surface area (Å²) in [4.78, 5) is 0. The molecule has 0 spiro atoms. The lowest BCUT2D eigenvalue weighted by molar-refractivity contribution is 0.306. The lowest BCUT2D eigenvalue weighted by atomic mass is 10.2. The molecule has 1 aromatic carbocycles. The van der Waals surface area contributed by atoms with Crippen molar-refractivity contribution in [3.8, 4) is 5.75 Å². The van der Waals surface area contributed by atoms with E-state index in [-0.39, 0.29) is 0 Å². The first kappa shape index (κ1) is 9.58.